The molecule has 162 valence electrons. The Labute approximate surface area is 180 Å². The van der Waals surface area contributed by atoms with E-state index in [1.807, 2.05) is 37.3 Å². The molecule has 0 atom stereocenters. The zero-order valence-electron chi connectivity index (χ0n) is 17.8. The van der Waals surface area contributed by atoms with E-state index in [1.54, 1.807) is 14.2 Å². The molecule has 0 saturated heterocycles. The first-order chi connectivity index (χ1) is 15.2. The van der Waals surface area contributed by atoms with Gasteiger partial charge in [-0.15, -0.1) is 0 Å². The van der Waals surface area contributed by atoms with Crippen LogP contribution in [0.5, 0.6) is 23.1 Å². The van der Waals surface area contributed by atoms with Crippen LogP contribution < -0.4 is 14.2 Å². The number of aromatic nitrogens is 3. The Kier molecular flexibility index (Phi) is 6.49. The molecule has 0 fully saturated rings. The Balaban J connectivity index is 1.55. The van der Waals surface area contributed by atoms with Crippen LogP contribution in [0, 0.1) is 6.92 Å². The fraction of sp³-hybridized carbons (Fsp3) is 0.304. The molecule has 8 heteroatoms. The number of fused-ring (bicyclic) bond motifs is 2. The number of H-pyrrole nitrogens is 1. The van der Waals surface area contributed by atoms with Crippen LogP contribution in [0.2, 0.25) is 0 Å². The van der Waals surface area contributed by atoms with E-state index in [2.05, 4.69) is 21.0 Å². The number of nitrogens with zero attached hydrogens (tertiary/aromatic N) is 2. The maximum atomic E-state index is 6.09. The summed E-state index contributed by atoms with van der Waals surface area (Å²) >= 11 is 0. The highest BCUT2D eigenvalue weighted by Crippen LogP contribution is 2.36. The lowest BCUT2D eigenvalue weighted by Crippen LogP contribution is -2.10. The minimum absolute atomic E-state index is 0.385. The Hall–Kier alpha value is -3.36. The summed E-state index contributed by atoms with van der Waals surface area (Å²) in [7, 11) is 3.23. The molecule has 8 nitrogen and oxygen atoms in total. The van der Waals surface area contributed by atoms with Gasteiger partial charge in [0.15, 0.2) is 11.5 Å². The number of methoxy groups -OCH3 is 2. The third-order valence-electron chi connectivity index (χ3n) is 4.74. The predicted octanol–water partition coefficient (Wildman–Crippen LogP) is 4.26. The van der Waals surface area contributed by atoms with E-state index in [9.17, 15) is 0 Å². The van der Waals surface area contributed by atoms with Crippen LogP contribution in [0.3, 0.4) is 0 Å². The van der Waals surface area contributed by atoms with Crippen molar-refractivity contribution in [3.05, 3.63) is 48.4 Å². The van der Waals surface area contributed by atoms with E-state index in [0.29, 0.717) is 55.1 Å². The van der Waals surface area contributed by atoms with Crippen molar-refractivity contribution in [2.24, 2.45) is 0 Å². The summed E-state index contributed by atoms with van der Waals surface area (Å²) in [5, 5.41) is 1.81. The molecule has 0 spiro atoms. The molecule has 0 aliphatic rings. The third-order valence-corrected chi connectivity index (χ3v) is 4.74. The Morgan fingerprint density at radius 1 is 0.903 bits per heavy atom. The highest BCUT2D eigenvalue weighted by molar-refractivity contribution is 5.87. The minimum Gasteiger partial charge on any atom is -0.493 e. The van der Waals surface area contributed by atoms with E-state index in [-0.39, 0.29) is 0 Å². The van der Waals surface area contributed by atoms with Crippen LogP contribution in [0.15, 0.2) is 42.7 Å². The summed E-state index contributed by atoms with van der Waals surface area (Å²) in [4.78, 5) is 12.0. The average molecular weight is 423 g/mol. The summed E-state index contributed by atoms with van der Waals surface area (Å²) in [6.07, 6.45) is 1.47. The molecule has 2 aromatic heterocycles. The van der Waals surface area contributed by atoms with Gasteiger partial charge in [0, 0.05) is 29.8 Å². The van der Waals surface area contributed by atoms with Crippen molar-refractivity contribution in [3.8, 4) is 23.1 Å². The lowest BCUT2D eigenvalue weighted by molar-refractivity contribution is 0.0540. The molecule has 0 unspecified atom stereocenters. The maximum Gasteiger partial charge on any atom is 0.230 e. The Bertz CT molecular complexity index is 1170. The molecule has 4 aromatic rings. The molecule has 4 rings (SSSR count). The van der Waals surface area contributed by atoms with Gasteiger partial charge in [0.1, 0.15) is 18.7 Å². The molecule has 31 heavy (non-hydrogen) atoms. The van der Waals surface area contributed by atoms with Gasteiger partial charge in [-0.25, -0.2) is 9.97 Å². The molecular formula is C23H25N3O5. The van der Waals surface area contributed by atoms with Crippen LogP contribution in [-0.4, -0.2) is 55.6 Å². The lowest BCUT2D eigenvalue weighted by atomic mass is 10.2. The second-order valence-electron chi connectivity index (χ2n) is 6.96. The van der Waals surface area contributed by atoms with Crippen molar-refractivity contribution >= 4 is 21.8 Å². The van der Waals surface area contributed by atoms with E-state index in [0.717, 1.165) is 22.0 Å². The van der Waals surface area contributed by atoms with Crippen LogP contribution in [0.1, 0.15) is 5.69 Å². The van der Waals surface area contributed by atoms with Gasteiger partial charge in [-0.05, 0) is 37.3 Å². The number of aryl methyl sites for hydroxylation is 1. The quantitative estimate of drug-likeness (QED) is 0.381. The van der Waals surface area contributed by atoms with Gasteiger partial charge >= 0.3 is 0 Å². The normalized spacial score (nSPS) is 11.2. The molecule has 0 radical (unpaired) electrons. The van der Waals surface area contributed by atoms with Crippen molar-refractivity contribution in [1.29, 1.82) is 0 Å². The van der Waals surface area contributed by atoms with E-state index in [4.69, 9.17) is 23.7 Å². The van der Waals surface area contributed by atoms with Gasteiger partial charge in [-0.3, -0.25) is 0 Å². The van der Waals surface area contributed by atoms with Crippen molar-refractivity contribution in [3.63, 3.8) is 0 Å². The first kappa shape index (κ1) is 20.9. The summed E-state index contributed by atoms with van der Waals surface area (Å²) in [6, 6.07) is 11.6. The molecule has 0 saturated carbocycles. The summed E-state index contributed by atoms with van der Waals surface area (Å²) in [5.74, 6) is 2.29. The van der Waals surface area contributed by atoms with Crippen molar-refractivity contribution in [2.45, 2.75) is 6.92 Å². The molecule has 0 bridgehead atoms. The zero-order valence-corrected chi connectivity index (χ0v) is 17.8. The van der Waals surface area contributed by atoms with Gasteiger partial charge in [0.05, 0.1) is 37.8 Å². The highest BCUT2D eigenvalue weighted by Gasteiger charge is 2.13. The van der Waals surface area contributed by atoms with Gasteiger partial charge in [-0.2, -0.15) is 0 Å². The fourth-order valence-corrected chi connectivity index (χ4v) is 3.28. The first-order valence-corrected chi connectivity index (χ1v) is 9.97. The number of benzene rings is 2. The lowest BCUT2D eigenvalue weighted by Gasteiger charge is -2.13. The Morgan fingerprint density at radius 2 is 1.77 bits per heavy atom. The molecular weight excluding hydrogens is 398 g/mol. The molecule has 2 heterocycles. The second-order valence-corrected chi connectivity index (χ2v) is 6.96. The van der Waals surface area contributed by atoms with E-state index >= 15 is 0 Å². The highest BCUT2D eigenvalue weighted by atomic mass is 16.5. The third kappa shape index (κ3) is 4.87. The SMILES string of the molecule is COCCOCCOc1cc2ncnc(Oc3ccc4[nH]c(C)cc4c3)c2cc1OC. The smallest absolute Gasteiger partial charge is 0.230 e. The first-order valence-electron chi connectivity index (χ1n) is 9.97. The van der Waals surface area contributed by atoms with Gasteiger partial charge in [0.25, 0.3) is 0 Å². The minimum atomic E-state index is 0.385. The van der Waals surface area contributed by atoms with Crippen molar-refractivity contribution in [1.82, 2.24) is 15.0 Å². The zero-order chi connectivity index (χ0) is 21.6. The maximum absolute atomic E-state index is 6.09. The van der Waals surface area contributed by atoms with Crippen LogP contribution in [0.25, 0.3) is 21.8 Å². The average Bonchev–Trinajstić information content (AvgIpc) is 3.15. The number of nitrogens with one attached hydrogen (secondary N) is 1. The summed E-state index contributed by atoms with van der Waals surface area (Å²) in [6.45, 7) is 3.93. The van der Waals surface area contributed by atoms with Crippen molar-refractivity contribution < 1.29 is 23.7 Å². The molecule has 2 aromatic carbocycles. The van der Waals surface area contributed by atoms with Gasteiger partial charge in [0.2, 0.25) is 5.88 Å². The Morgan fingerprint density at radius 3 is 2.61 bits per heavy atom. The van der Waals surface area contributed by atoms with Gasteiger partial charge in [-0.1, -0.05) is 0 Å². The number of rotatable bonds is 10. The molecule has 1 N–H and O–H groups in total. The standard InChI is InChI=1S/C23H25N3O5/c1-15-10-16-11-17(4-5-19(16)26-15)31-23-18-12-21(28-3)22(13-20(18)24-14-25-23)30-9-8-29-7-6-27-2/h4-5,10-14,26H,6-9H2,1-3H3. The van der Waals surface area contributed by atoms with E-state index in [1.165, 1.54) is 6.33 Å². The van der Waals surface area contributed by atoms with E-state index < -0.39 is 0 Å². The molecule has 0 aliphatic heterocycles. The molecule has 0 amide bonds. The number of ether oxygens (including phenoxy) is 5. The number of hydrogen-bond acceptors (Lipinski definition) is 7. The topological polar surface area (TPSA) is 87.7 Å². The fourth-order valence-electron chi connectivity index (χ4n) is 3.28. The number of hydrogen-bond donors (Lipinski definition) is 1. The largest absolute Gasteiger partial charge is 0.493 e. The molecule has 0 aliphatic carbocycles. The van der Waals surface area contributed by atoms with Crippen LogP contribution in [0.4, 0.5) is 0 Å². The number of aromatic amines is 1. The van der Waals surface area contributed by atoms with Crippen LogP contribution >= 0.6 is 0 Å². The van der Waals surface area contributed by atoms with Crippen LogP contribution in [-0.2, 0) is 9.47 Å². The van der Waals surface area contributed by atoms with Gasteiger partial charge < -0.3 is 28.7 Å². The summed E-state index contributed by atoms with van der Waals surface area (Å²) < 4.78 is 27.8. The van der Waals surface area contributed by atoms with Crippen molar-refractivity contribution in [2.75, 3.05) is 40.6 Å². The predicted molar refractivity (Wildman–Crippen MR) is 117 cm³/mol. The second kappa shape index (κ2) is 9.63. The monoisotopic (exact) mass is 423 g/mol. The summed E-state index contributed by atoms with van der Waals surface area (Å²) in [5.41, 5.74) is 2.85.